The summed E-state index contributed by atoms with van der Waals surface area (Å²) in [5.41, 5.74) is 1.24. The number of hydrogen-bond acceptors (Lipinski definition) is 4. The molecule has 0 radical (unpaired) electrons. The van der Waals surface area contributed by atoms with Crippen LogP contribution < -0.4 is 14.8 Å². The number of carbonyl (C=O) groups excluding carboxylic acids is 2. The zero-order valence-electron chi connectivity index (χ0n) is 17.0. The van der Waals surface area contributed by atoms with Crippen molar-refractivity contribution < 1.29 is 19.1 Å². The van der Waals surface area contributed by atoms with E-state index in [2.05, 4.69) is 5.32 Å². The van der Waals surface area contributed by atoms with E-state index in [0.29, 0.717) is 51.4 Å². The summed E-state index contributed by atoms with van der Waals surface area (Å²) in [6, 6.07) is 8.28. The van der Waals surface area contributed by atoms with Crippen molar-refractivity contribution in [3.8, 4) is 11.5 Å². The molecule has 1 aliphatic heterocycles. The van der Waals surface area contributed by atoms with Gasteiger partial charge in [-0.3, -0.25) is 9.59 Å². The molecule has 0 bridgehead atoms. The Balaban J connectivity index is 1.91. The Bertz CT molecular complexity index is 923. The predicted molar refractivity (Wildman–Crippen MR) is 118 cm³/mol. The molecule has 0 saturated carbocycles. The molecule has 1 N–H and O–H groups in total. The molecule has 1 fully saturated rings. The van der Waals surface area contributed by atoms with Crippen LogP contribution in [0.15, 0.2) is 30.3 Å². The monoisotopic (exact) mass is 450 g/mol. The fourth-order valence-electron chi connectivity index (χ4n) is 3.48. The van der Waals surface area contributed by atoms with Gasteiger partial charge in [0.15, 0.2) is 11.5 Å². The first-order chi connectivity index (χ1) is 14.4. The van der Waals surface area contributed by atoms with E-state index in [4.69, 9.17) is 32.7 Å². The third-order valence-electron chi connectivity index (χ3n) is 5.07. The minimum Gasteiger partial charge on any atom is -0.493 e. The van der Waals surface area contributed by atoms with Crippen LogP contribution in [0.4, 0.5) is 5.69 Å². The van der Waals surface area contributed by atoms with Gasteiger partial charge in [0.2, 0.25) is 5.91 Å². The summed E-state index contributed by atoms with van der Waals surface area (Å²) in [5, 5.41) is 3.64. The number of piperidine rings is 1. The van der Waals surface area contributed by atoms with Gasteiger partial charge in [0, 0.05) is 29.2 Å². The third kappa shape index (κ3) is 4.99. The fourth-order valence-corrected chi connectivity index (χ4v) is 4.01. The van der Waals surface area contributed by atoms with Crippen LogP contribution in [0.25, 0.3) is 0 Å². The summed E-state index contributed by atoms with van der Waals surface area (Å²) in [7, 11) is 3.00. The second-order valence-corrected chi connectivity index (χ2v) is 7.85. The number of ether oxygens (including phenoxy) is 2. The highest BCUT2D eigenvalue weighted by Crippen LogP contribution is 2.35. The van der Waals surface area contributed by atoms with Gasteiger partial charge in [-0.2, -0.15) is 0 Å². The Morgan fingerprint density at radius 3 is 2.20 bits per heavy atom. The first-order valence-electron chi connectivity index (χ1n) is 9.72. The molecule has 2 aromatic rings. The second-order valence-electron chi connectivity index (χ2n) is 7.03. The van der Waals surface area contributed by atoms with Crippen molar-refractivity contribution in [3.05, 3.63) is 51.5 Å². The number of methoxy groups -OCH3 is 2. The van der Waals surface area contributed by atoms with Crippen molar-refractivity contribution in [1.82, 2.24) is 4.90 Å². The Hall–Kier alpha value is -2.44. The molecule has 1 heterocycles. The van der Waals surface area contributed by atoms with Gasteiger partial charge >= 0.3 is 0 Å². The number of hydrogen-bond donors (Lipinski definition) is 1. The average Bonchev–Trinajstić information content (AvgIpc) is 2.76. The van der Waals surface area contributed by atoms with Crippen molar-refractivity contribution in [2.45, 2.75) is 25.7 Å². The smallest absolute Gasteiger partial charge is 0.256 e. The third-order valence-corrected chi connectivity index (χ3v) is 5.78. The maximum atomic E-state index is 13.2. The van der Waals surface area contributed by atoms with E-state index < -0.39 is 0 Å². The van der Waals surface area contributed by atoms with E-state index in [1.54, 1.807) is 35.2 Å². The van der Waals surface area contributed by atoms with Gasteiger partial charge in [-0.05, 0) is 43.0 Å². The molecule has 1 saturated heterocycles. The van der Waals surface area contributed by atoms with Crippen LogP contribution in [-0.4, -0.2) is 44.0 Å². The van der Waals surface area contributed by atoms with Crippen molar-refractivity contribution in [2.75, 3.05) is 32.6 Å². The molecular formula is C22H24Cl2N2O4. The van der Waals surface area contributed by atoms with Gasteiger partial charge in [-0.1, -0.05) is 29.3 Å². The van der Waals surface area contributed by atoms with Gasteiger partial charge < -0.3 is 19.7 Å². The summed E-state index contributed by atoms with van der Waals surface area (Å²) in [5.74, 6) is 0.343. The van der Waals surface area contributed by atoms with Crippen LogP contribution in [0.3, 0.4) is 0 Å². The standard InChI is InChI=1S/C22H24Cl2N2O4/c1-29-19-11-15(22(28)26-9-4-3-5-10-26)18(13-20(19)30-2)25-21(27)12-14-16(23)7-6-8-17(14)24/h6-8,11,13H,3-5,9-10,12H2,1-2H3,(H,25,27). The molecule has 0 atom stereocenters. The highest BCUT2D eigenvalue weighted by molar-refractivity contribution is 6.36. The van der Waals surface area contributed by atoms with Crippen LogP contribution in [0.2, 0.25) is 10.0 Å². The molecule has 6 nitrogen and oxygen atoms in total. The van der Waals surface area contributed by atoms with Crippen molar-refractivity contribution >= 4 is 40.7 Å². The van der Waals surface area contributed by atoms with Crippen molar-refractivity contribution in [3.63, 3.8) is 0 Å². The first kappa shape index (κ1) is 22.2. The van der Waals surface area contributed by atoms with Gasteiger partial charge in [0.25, 0.3) is 5.91 Å². The van der Waals surface area contributed by atoms with E-state index in [1.807, 2.05) is 0 Å². The van der Waals surface area contributed by atoms with Gasteiger partial charge in [-0.25, -0.2) is 0 Å². The minimum absolute atomic E-state index is 0.0236. The molecule has 1 aliphatic rings. The summed E-state index contributed by atoms with van der Waals surface area (Å²) < 4.78 is 10.7. The number of halogens is 2. The molecule has 0 aliphatic carbocycles. The highest BCUT2D eigenvalue weighted by atomic mass is 35.5. The fraction of sp³-hybridized carbons (Fsp3) is 0.364. The molecule has 160 valence electrons. The Kier molecular flexibility index (Phi) is 7.45. The lowest BCUT2D eigenvalue weighted by Gasteiger charge is -2.28. The molecule has 3 rings (SSSR count). The molecule has 0 unspecified atom stereocenters. The number of anilines is 1. The van der Waals surface area contributed by atoms with Gasteiger partial charge in [0.1, 0.15) is 0 Å². The lowest BCUT2D eigenvalue weighted by Crippen LogP contribution is -2.36. The van der Waals surface area contributed by atoms with Crippen LogP contribution in [-0.2, 0) is 11.2 Å². The molecule has 0 spiro atoms. The van der Waals surface area contributed by atoms with Crippen molar-refractivity contribution in [1.29, 1.82) is 0 Å². The van der Waals surface area contributed by atoms with E-state index in [9.17, 15) is 9.59 Å². The normalized spacial score (nSPS) is 13.7. The Labute approximate surface area is 186 Å². The van der Waals surface area contributed by atoms with Gasteiger partial charge in [-0.15, -0.1) is 0 Å². The second kappa shape index (κ2) is 10.0. The van der Waals surface area contributed by atoms with E-state index >= 15 is 0 Å². The number of rotatable bonds is 6. The van der Waals surface area contributed by atoms with E-state index in [-0.39, 0.29) is 18.2 Å². The number of benzene rings is 2. The lowest BCUT2D eigenvalue weighted by atomic mass is 10.1. The summed E-state index contributed by atoms with van der Waals surface area (Å²) >= 11 is 12.4. The number of likely N-dealkylation sites (tertiary alicyclic amines) is 1. The van der Waals surface area contributed by atoms with E-state index in [1.165, 1.54) is 14.2 Å². The summed E-state index contributed by atoms with van der Waals surface area (Å²) in [6.07, 6.45) is 3.01. The quantitative estimate of drug-likeness (QED) is 0.684. The number of nitrogens with one attached hydrogen (secondary N) is 1. The van der Waals surface area contributed by atoms with E-state index in [0.717, 1.165) is 19.3 Å². The first-order valence-corrected chi connectivity index (χ1v) is 10.5. The molecule has 2 aromatic carbocycles. The molecule has 0 aromatic heterocycles. The van der Waals surface area contributed by atoms with Gasteiger partial charge in [0.05, 0.1) is 31.9 Å². The number of amides is 2. The maximum Gasteiger partial charge on any atom is 0.256 e. The van der Waals surface area contributed by atoms with Crippen molar-refractivity contribution in [2.24, 2.45) is 0 Å². The Morgan fingerprint density at radius 1 is 1.00 bits per heavy atom. The predicted octanol–water partition coefficient (Wildman–Crippen LogP) is 4.82. The topological polar surface area (TPSA) is 67.9 Å². The highest BCUT2D eigenvalue weighted by Gasteiger charge is 2.24. The minimum atomic E-state index is -0.343. The maximum absolute atomic E-state index is 13.2. The van der Waals surface area contributed by atoms with Crippen LogP contribution in [0, 0.1) is 0 Å². The van der Waals surface area contributed by atoms with Crippen LogP contribution in [0.5, 0.6) is 11.5 Å². The number of carbonyl (C=O) groups is 2. The largest absolute Gasteiger partial charge is 0.493 e. The molecule has 2 amide bonds. The Morgan fingerprint density at radius 2 is 1.60 bits per heavy atom. The molecule has 8 heteroatoms. The summed E-state index contributed by atoms with van der Waals surface area (Å²) in [4.78, 5) is 27.7. The van der Waals surface area contributed by atoms with Crippen LogP contribution >= 0.6 is 23.2 Å². The summed E-state index contributed by atoms with van der Waals surface area (Å²) in [6.45, 7) is 1.38. The molecular weight excluding hydrogens is 427 g/mol. The van der Waals surface area contributed by atoms with Crippen LogP contribution in [0.1, 0.15) is 35.2 Å². The molecule has 30 heavy (non-hydrogen) atoms. The lowest BCUT2D eigenvalue weighted by molar-refractivity contribution is -0.115. The number of nitrogens with zero attached hydrogens (tertiary/aromatic N) is 1. The SMILES string of the molecule is COc1cc(NC(=O)Cc2c(Cl)cccc2Cl)c(C(=O)N2CCCCC2)cc1OC. The zero-order chi connectivity index (χ0) is 21.7. The average molecular weight is 451 g/mol. The zero-order valence-corrected chi connectivity index (χ0v) is 18.5.